The average molecular weight is 336 g/mol. The van der Waals surface area contributed by atoms with Gasteiger partial charge in [0.25, 0.3) is 0 Å². The first-order chi connectivity index (χ1) is 11.5. The second-order valence-corrected chi connectivity index (χ2v) is 6.77. The Hall–Kier alpha value is -0.820. The zero-order chi connectivity index (χ0) is 18.8. The Morgan fingerprint density at radius 1 is 1.04 bits per heavy atom. The lowest BCUT2D eigenvalue weighted by atomic mass is 10.0. The second kappa shape index (κ2) is 17.0. The Morgan fingerprint density at radius 3 is 1.96 bits per heavy atom. The van der Waals surface area contributed by atoms with E-state index in [4.69, 9.17) is 0 Å². The van der Waals surface area contributed by atoms with Crippen LogP contribution in [0.3, 0.4) is 0 Å². The summed E-state index contributed by atoms with van der Waals surface area (Å²) in [4.78, 5) is 0. The Balaban J connectivity index is 0. The van der Waals surface area contributed by atoms with Crippen LogP contribution in [0.25, 0.3) is 0 Å². The van der Waals surface area contributed by atoms with Crippen molar-refractivity contribution in [2.24, 2.45) is 0 Å². The molecule has 142 valence electrons. The van der Waals surface area contributed by atoms with Crippen LogP contribution in [0.2, 0.25) is 0 Å². The van der Waals surface area contributed by atoms with E-state index >= 15 is 0 Å². The topological polar surface area (TPSA) is 12.0 Å². The number of nitrogens with one attached hydrogen (secondary N) is 1. The minimum absolute atomic E-state index is 0.602. The van der Waals surface area contributed by atoms with Crippen molar-refractivity contribution in [1.82, 2.24) is 5.32 Å². The second-order valence-electron chi connectivity index (χ2n) is 6.77. The van der Waals surface area contributed by atoms with Crippen molar-refractivity contribution < 1.29 is 0 Å². The number of hydrogen-bond donors (Lipinski definition) is 1. The summed E-state index contributed by atoms with van der Waals surface area (Å²) in [6.07, 6.45) is 16.6. The van der Waals surface area contributed by atoms with Crippen molar-refractivity contribution in [3.05, 3.63) is 36.0 Å². The predicted molar refractivity (Wildman–Crippen MR) is 114 cm³/mol. The molecule has 0 atom stereocenters. The highest BCUT2D eigenvalue weighted by molar-refractivity contribution is 5.23. The van der Waals surface area contributed by atoms with E-state index in [2.05, 4.69) is 65.6 Å². The van der Waals surface area contributed by atoms with E-state index in [-0.39, 0.29) is 0 Å². The Morgan fingerprint density at radius 2 is 1.62 bits per heavy atom. The van der Waals surface area contributed by atoms with Gasteiger partial charge in [-0.3, -0.25) is 0 Å². The monoisotopic (exact) mass is 335 g/mol. The summed E-state index contributed by atoms with van der Waals surface area (Å²) in [6.45, 7) is 19.7. The van der Waals surface area contributed by atoms with E-state index in [0.717, 1.165) is 6.42 Å². The van der Waals surface area contributed by atoms with Crippen molar-refractivity contribution in [2.75, 3.05) is 6.54 Å². The molecule has 1 rings (SSSR count). The van der Waals surface area contributed by atoms with Gasteiger partial charge in [-0.15, -0.1) is 6.58 Å². The lowest BCUT2D eigenvalue weighted by Gasteiger charge is -2.14. The summed E-state index contributed by atoms with van der Waals surface area (Å²) in [7, 11) is 0. The van der Waals surface area contributed by atoms with E-state index in [1.165, 1.54) is 57.1 Å². The van der Waals surface area contributed by atoms with E-state index in [9.17, 15) is 0 Å². The number of allylic oxidation sites excluding steroid dienone is 5. The van der Waals surface area contributed by atoms with Gasteiger partial charge in [-0.25, -0.2) is 0 Å². The van der Waals surface area contributed by atoms with Gasteiger partial charge in [0.15, 0.2) is 0 Å². The summed E-state index contributed by atoms with van der Waals surface area (Å²) in [5.74, 6) is 0. The summed E-state index contributed by atoms with van der Waals surface area (Å²) >= 11 is 0. The molecule has 0 bridgehead atoms. The molecule has 24 heavy (non-hydrogen) atoms. The first-order valence-corrected chi connectivity index (χ1v) is 10.1. The van der Waals surface area contributed by atoms with E-state index in [1.807, 2.05) is 6.92 Å². The summed E-state index contributed by atoms with van der Waals surface area (Å²) in [5.41, 5.74) is 3.66. The van der Waals surface area contributed by atoms with Crippen LogP contribution in [-0.2, 0) is 0 Å². The maximum Gasteiger partial charge on any atom is 0.0182 e. The average Bonchev–Trinajstić information content (AvgIpc) is 3.32. The Labute approximate surface area is 153 Å². The molecule has 0 aromatic rings. The molecular formula is C23H45N. The highest BCUT2D eigenvalue weighted by Gasteiger charge is 2.40. The quantitative estimate of drug-likeness (QED) is 0.338. The Kier molecular flexibility index (Phi) is 18.0. The molecule has 0 aliphatic heterocycles. The van der Waals surface area contributed by atoms with Crippen LogP contribution in [0, 0.1) is 0 Å². The van der Waals surface area contributed by atoms with Crippen LogP contribution in [0.5, 0.6) is 0 Å². The van der Waals surface area contributed by atoms with Gasteiger partial charge in [-0.2, -0.15) is 0 Å². The van der Waals surface area contributed by atoms with Crippen LogP contribution < -0.4 is 5.32 Å². The van der Waals surface area contributed by atoms with Gasteiger partial charge in [0, 0.05) is 5.54 Å². The van der Waals surface area contributed by atoms with Gasteiger partial charge < -0.3 is 5.32 Å². The van der Waals surface area contributed by atoms with Crippen LogP contribution in [0.1, 0.15) is 99.8 Å². The minimum Gasteiger partial charge on any atom is -0.311 e. The largest absolute Gasteiger partial charge is 0.311 e. The molecular weight excluding hydrogens is 290 g/mol. The zero-order valence-electron chi connectivity index (χ0n) is 17.8. The van der Waals surface area contributed by atoms with Gasteiger partial charge in [0.1, 0.15) is 0 Å². The molecule has 0 unspecified atom stereocenters. The molecule has 0 radical (unpaired) electrons. The minimum atomic E-state index is 0.602. The molecule has 0 amide bonds. The SMILES string of the molecule is C/C=C\C(CC)=C(/C)CCC.C=CC.CCCNC1(CCC)CC1. The van der Waals surface area contributed by atoms with Gasteiger partial charge >= 0.3 is 0 Å². The van der Waals surface area contributed by atoms with Gasteiger partial charge in [0.2, 0.25) is 0 Å². The van der Waals surface area contributed by atoms with E-state index in [1.54, 1.807) is 11.6 Å². The van der Waals surface area contributed by atoms with Crippen molar-refractivity contribution in [3.8, 4) is 0 Å². The van der Waals surface area contributed by atoms with Crippen molar-refractivity contribution in [1.29, 1.82) is 0 Å². The molecule has 1 N–H and O–H groups in total. The van der Waals surface area contributed by atoms with Crippen molar-refractivity contribution >= 4 is 0 Å². The fourth-order valence-corrected chi connectivity index (χ4v) is 2.83. The summed E-state index contributed by atoms with van der Waals surface area (Å²) in [6, 6.07) is 0. The molecule has 0 heterocycles. The first-order valence-electron chi connectivity index (χ1n) is 10.1. The van der Waals surface area contributed by atoms with Crippen LogP contribution >= 0.6 is 0 Å². The fraction of sp³-hybridized carbons (Fsp3) is 0.739. The maximum atomic E-state index is 3.62. The number of rotatable bonds is 9. The zero-order valence-corrected chi connectivity index (χ0v) is 17.8. The van der Waals surface area contributed by atoms with Crippen molar-refractivity contribution in [2.45, 2.75) is 105 Å². The summed E-state index contributed by atoms with van der Waals surface area (Å²) < 4.78 is 0. The van der Waals surface area contributed by atoms with E-state index in [0.29, 0.717) is 5.54 Å². The van der Waals surface area contributed by atoms with Crippen molar-refractivity contribution in [3.63, 3.8) is 0 Å². The van der Waals surface area contributed by atoms with Gasteiger partial charge in [-0.05, 0) is 71.4 Å². The molecule has 0 aromatic carbocycles. The normalized spacial score (nSPS) is 15.6. The molecule has 1 aliphatic rings. The molecule has 0 saturated heterocycles. The third-order valence-corrected chi connectivity index (χ3v) is 4.25. The van der Waals surface area contributed by atoms with Crippen LogP contribution in [-0.4, -0.2) is 12.1 Å². The standard InChI is InChI=1S/C11H20.C9H19N.C3H6/c1-5-8-10(4)11(7-3)9-6-2;1-3-5-9(6-7-9)10-8-4-2;1-3-2/h6,9H,5,7-8H2,1-4H3;10H,3-8H2,1-2H3;3H,1H2,2H3/b9-6-,11-10+;;. The molecule has 1 heteroatoms. The maximum absolute atomic E-state index is 3.62. The van der Waals surface area contributed by atoms with Crippen LogP contribution in [0.4, 0.5) is 0 Å². The molecule has 1 saturated carbocycles. The molecule has 0 spiro atoms. The molecule has 1 nitrogen and oxygen atoms in total. The third kappa shape index (κ3) is 13.6. The van der Waals surface area contributed by atoms with Crippen LogP contribution in [0.15, 0.2) is 36.0 Å². The lowest BCUT2D eigenvalue weighted by molar-refractivity contribution is 0.460. The molecule has 1 aliphatic carbocycles. The highest BCUT2D eigenvalue weighted by atomic mass is 15.0. The smallest absolute Gasteiger partial charge is 0.0182 e. The van der Waals surface area contributed by atoms with Gasteiger partial charge in [-0.1, -0.05) is 64.3 Å². The lowest BCUT2D eigenvalue weighted by Crippen LogP contribution is -2.31. The summed E-state index contributed by atoms with van der Waals surface area (Å²) in [5, 5.41) is 3.62. The predicted octanol–water partition coefficient (Wildman–Crippen LogP) is 7.60. The molecule has 0 aromatic heterocycles. The highest BCUT2D eigenvalue weighted by Crippen LogP contribution is 2.39. The molecule has 1 fully saturated rings. The van der Waals surface area contributed by atoms with Gasteiger partial charge in [0.05, 0.1) is 0 Å². The fourth-order valence-electron chi connectivity index (χ4n) is 2.83. The number of hydrogen-bond acceptors (Lipinski definition) is 1. The first kappa shape index (κ1) is 25.4. The van der Waals surface area contributed by atoms with E-state index < -0.39 is 0 Å². The Bertz CT molecular complexity index is 345. The third-order valence-electron chi connectivity index (χ3n) is 4.25.